The van der Waals surface area contributed by atoms with Gasteiger partial charge in [0.2, 0.25) is 0 Å². The lowest BCUT2D eigenvalue weighted by Gasteiger charge is -2.09. The number of ether oxygens (including phenoxy) is 1. The van der Waals surface area contributed by atoms with E-state index in [1.165, 1.54) is 12.1 Å². The third-order valence-electron chi connectivity index (χ3n) is 2.77. The van der Waals surface area contributed by atoms with Crippen molar-refractivity contribution in [3.8, 4) is 5.75 Å². The minimum Gasteiger partial charge on any atom is -0.493 e. The highest BCUT2D eigenvalue weighted by Crippen LogP contribution is 2.25. The number of nitrogens with zero attached hydrogens (tertiary/aromatic N) is 2. The van der Waals surface area contributed by atoms with E-state index < -0.39 is 4.92 Å². The standard InChI is InChI=1S/C14H13ClN2O3/c15-9-12-8-13(17(18)19)3-4-14(12)20-7-5-11-2-1-6-16-10-11/h1-4,6,8,10H,5,7,9H2. The molecule has 20 heavy (non-hydrogen) atoms. The molecule has 0 aliphatic heterocycles. The lowest BCUT2D eigenvalue weighted by atomic mass is 10.2. The van der Waals surface area contributed by atoms with Crippen LogP contribution in [0, 0.1) is 10.1 Å². The van der Waals surface area contributed by atoms with E-state index in [1.807, 2.05) is 12.1 Å². The van der Waals surface area contributed by atoms with Crippen molar-refractivity contribution in [1.82, 2.24) is 4.98 Å². The van der Waals surface area contributed by atoms with Crippen LogP contribution in [0.2, 0.25) is 0 Å². The maximum atomic E-state index is 10.7. The second kappa shape index (κ2) is 6.86. The van der Waals surface area contributed by atoms with Crippen LogP contribution < -0.4 is 4.74 Å². The zero-order chi connectivity index (χ0) is 14.4. The number of benzene rings is 1. The number of alkyl halides is 1. The summed E-state index contributed by atoms with van der Waals surface area (Å²) in [6.07, 6.45) is 4.21. The van der Waals surface area contributed by atoms with E-state index in [0.717, 1.165) is 5.56 Å². The van der Waals surface area contributed by atoms with E-state index in [1.54, 1.807) is 18.5 Å². The second-order valence-corrected chi connectivity index (χ2v) is 4.41. The van der Waals surface area contributed by atoms with Gasteiger partial charge in [-0.1, -0.05) is 6.07 Å². The molecule has 1 aromatic heterocycles. The fourth-order valence-electron chi connectivity index (χ4n) is 1.75. The molecule has 5 nitrogen and oxygen atoms in total. The average molecular weight is 293 g/mol. The van der Waals surface area contributed by atoms with Crippen molar-refractivity contribution in [2.24, 2.45) is 0 Å². The van der Waals surface area contributed by atoms with E-state index in [-0.39, 0.29) is 11.6 Å². The van der Waals surface area contributed by atoms with Crippen LogP contribution in [-0.2, 0) is 12.3 Å². The van der Waals surface area contributed by atoms with E-state index in [0.29, 0.717) is 24.3 Å². The van der Waals surface area contributed by atoms with Crippen LogP contribution in [0.4, 0.5) is 5.69 Å². The molecular formula is C14H13ClN2O3. The molecule has 0 radical (unpaired) electrons. The molecule has 2 rings (SSSR count). The topological polar surface area (TPSA) is 65.3 Å². The van der Waals surface area contributed by atoms with Gasteiger partial charge in [0.05, 0.1) is 17.4 Å². The van der Waals surface area contributed by atoms with Crippen LogP contribution in [-0.4, -0.2) is 16.5 Å². The van der Waals surface area contributed by atoms with Crippen LogP contribution >= 0.6 is 11.6 Å². The van der Waals surface area contributed by atoms with Crippen LogP contribution in [0.25, 0.3) is 0 Å². The first-order valence-corrected chi connectivity index (χ1v) is 6.59. The Bertz CT molecular complexity index is 590. The SMILES string of the molecule is O=[N+]([O-])c1ccc(OCCc2cccnc2)c(CCl)c1. The second-order valence-electron chi connectivity index (χ2n) is 4.14. The van der Waals surface area contributed by atoms with Crippen molar-refractivity contribution in [2.45, 2.75) is 12.3 Å². The highest BCUT2D eigenvalue weighted by atomic mass is 35.5. The number of rotatable bonds is 6. The molecule has 0 N–H and O–H groups in total. The van der Waals surface area contributed by atoms with E-state index in [4.69, 9.17) is 16.3 Å². The largest absolute Gasteiger partial charge is 0.493 e. The van der Waals surface area contributed by atoms with Crippen molar-refractivity contribution >= 4 is 17.3 Å². The number of nitro groups is 1. The number of non-ortho nitro benzene ring substituents is 1. The fraction of sp³-hybridized carbons (Fsp3) is 0.214. The van der Waals surface area contributed by atoms with E-state index in [2.05, 4.69) is 4.98 Å². The summed E-state index contributed by atoms with van der Waals surface area (Å²) in [6, 6.07) is 8.26. The molecule has 0 aliphatic carbocycles. The molecule has 0 bridgehead atoms. The zero-order valence-corrected chi connectivity index (χ0v) is 11.4. The van der Waals surface area contributed by atoms with Crippen LogP contribution in [0.1, 0.15) is 11.1 Å². The van der Waals surface area contributed by atoms with Gasteiger partial charge < -0.3 is 4.74 Å². The number of aromatic nitrogens is 1. The summed E-state index contributed by atoms with van der Waals surface area (Å²) in [7, 11) is 0. The minimum atomic E-state index is -0.449. The molecule has 0 atom stereocenters. The Morgan fingerprint density at radius 1 is 1.35 bits per heavy atom. The maximum absolute atomic E-state index is 10.7. The van der Waals surface area contributed by atoms with E-state index >= 15 is 0 Å². The van der Waals surface area contributed by atoms with Gasteiger partial charge in [-0.15, -0.1) is 11.6 Å². The van der Waals surface area contributed by atoms with Crippen LogP contribution in [0.15, 0.2) is 42.7 Å². The van der Waals surface area contributed by atoms with Gasteiger partial charge in [-0.25, -0.2) is 0 Å². The first kappa shape index (κ1) is 14.3. The lowest BCUT2D eigenvalue weighted by molar-refractivity contribution is -0.384. The molecule has 0 fully saturated rings. The Balaban J connectivity index is 2.00. The molecular weight excluding hydrogens is 280 g/mol. The Morgan fingerprint density at radius 2 is 2.20 bits per heavy atom. The van der Waals surface area contributed by atoms with Gasteiger partial charge in [-0.05, 0) is 17.7 Å². The molecule has 0 aliphatic rings. The van der Waals surface area contributed by atoms with Crippen LogP contribution in [0.3, 0.4) is 0 Å². The normalized spacial score (nSPS) is 10.2. The van der Waals surface area contributed by atoms with Crippen molar-refractivity contribution in [3.63, 3.8) is 0 Å². The van der Waals surface area contributed by atoms with Gasteiger partial charge in [0, 0.05) is 36.5 Å². The number of nitro benzene ring substituents is 1. The summed E-state index contributed by atoms with van der Waals surface area (Å²) >= 11 is 5.79. The van der Waals surface area contributed by atoms with Gasteiger partial charge in [0.25, 0.3) is 5.69 Å². The summed E-state index contributed by atoms with van der Waals surface area (Å²) in [4.78, 5) is 14.3. The summed E-state index contributed by atoms with van der Waals surface area (Å²) in [5, 5.41) is 10.7. The number of pyridine rings is 1. The summed E-state index contributed by atoms with van der Waals surface area (Å²) < 4.78 is 5.63. The maximum Gasteiger partial charge on any atom is 0.270 e. The van der Waals surface area contributed by atoms with Gasteiger partial charge in [0.1, 0.15) is 5.75 Å². The van der Waals surface area contributed by atoms with Crippen molar-refractivity contribution in [3.05, 3.63) is 64.0 Å². The van der Waals surface area contributed by atoms with Gasteiger partial charge in [0.15, 0.2) is 0 Å². The van der Waals surface area contributed by atoms with Crippen LogP contribution in [0.5, 0.6) is 5.75 Å². The number of hydrogen-bond donors (Lipinski definition) is 0. The van der Waals surface area contributed by atoms with Crippen molar-refractivity contribution < 1.29 is 9.66 Å². The lowest BCUT2D eigenvalue weighted by Crippen LogP contribution is -2.03. The number of hydrogen-bond acceptors (Lipinski definition) is 4. The highest BCUT2D eigenvalue weighted by molar-refractivity contribution is 6.17. The van der Waals surface area contributed by atoms with Gasteiger partial charge in [-0.3, -0.25) is 15.1 Å². The molecule has 6 heteroatoms. The molecule has 0 saturated carbocycles. The van der Waals surface area contributed by atoms with Gasteiger partial charge in [-0.2, -0.15) is 0 Å². The third kappa shape index (κ3) is 3.68. The molecule has 0 amide bonds. The van der Waals surface area contributed by atoms with E-state index in [9.17, 15) is 10.1 Å². The predicted molar refractivity (Wildman–Crippen MR) is 76.1 cm³/mol. The number of halogens is 1. The average Bonchev–Trinajstić information content (AvgIpc) is 2.48. The Hall–Kier alpha value is -2.14. The molecule has 2 aromatic rings. The smallest absolute Gasteiger partial charge is 0.270 e. The molecule has 0 spiro atoms. The first-order chi connectivity index (χ1) is 9.70. The molecule has 0 saturated heterocycles. The monoisotopic (exact) mass is 292 g/mol. The summed E-state index contributed by atoms with van der Waals surface area (Å²) in [5.41, 5.74) is 1.70. The molecule has 1 aromatic carbocycles. The Kier molecular flexibility index (Phi) is 4.90. The highest BCUT2D eigenvalue weighted by Gasteiger charge is 2.11. The quantitative estimate of drug-likeness (QED) is 0.465. The molecule has 0 unspecified atom stereocenters. The fourth-order valence-corrected chi connectivity index (χ4v) is 1.96. The Labute approximate surface area is 121 Å². The zero-order valence-electron chi connectivity index (χ0n) is 10.7. The summed E-state index contributed by atoms with van der Waals surface area (Å²) in [6.45, 7) is 0.466. The minimum absolute atomic E-state index is 0.0141. The van der Waals surface area contributed by atoms with Gasteiger partial charge >= 0.3 is 0 Å². The molecule has 1 heterocycles. The summed E-state index contributed by atoms with van der Waals surface area (Å²) in [5.74, 6) is 0.749. The Morgan fingerprint density at radius 3 is 2.85 bits per heavy atom. The van der Waals surface area contributed by atoms with Crippen molar-refractivity contribution in [1.29, 1.82) is 0 Å². The molecule has 104 valence electrons. The van der Waals surface area contributed by atoms with Crippen molar-refractivity contribution in [2.75, 3.05) is 6.61 Å². The first-order valence-electron chi connectivity index (χ1n) is 6.05. The predicted octanol–water partition coefficient (Wildman–Crippen LogP) is 3.35. The third-order valence-corrected chi connectivity index (χ3v) is 3.06.